The van der Waals surface area contributed by atoms with Gasteiger partial charge in [0.1, 0.15) is 5.60 Å². The Bertz CT molecular complexity index is 854. The molecule has 0 aliphatic heterocycles. The summed E-state index contributed by atoms with van der Waals surface area (Å²) in [6, 6.07) is 3.33. The normalized spacial score (nSPS) is 21.1. The molecule has 0 spiro atoms. The van der Waals surface area contributed by atoms with E-state index in [9.17, 15) is 32.7 Å². The second-order valence-corrected chi connectivity index (χ2v) is 9.03. The number of amides is 3. The van der Waals surface area contributed by atoms with Gasteiger partial charge in [0, 0.05) is 30.2 Å². The first-order valence-corrected chi connectivity index (χ1v) is 10.6. The lowest BCUT2D eigenvalue weighted by atomic mass is 9.82. The van der Waals surface area contributed by atoms with Crippen molar-refractivity contribution in [3.8, 4) is 0 Å². The van der Waals surface area contributed by atoms with Crippen molar-refractivity contribution in [1.29, 1.82) is 0 Å². The number of benzene rings is 1. The largest absolute Gasteiger partial charge is 0.444 e. The van der Waals surface area contributed by atoms with E-state index in [0.29, 0.717) is 25.3 Å². The summed E-state index contributed by atoms with van der Waals surface area (Å²) in [5, 5.41) is 17.5. The molecular formula is C22H30F3N3O5. The zero-order valence-corrected chi connectivity index (χ0v) is 18.8. The van der Waals surface area contributed by atoms with Crippen LogP contribution in [-0.4, -0.2) is 53.9 Å². The molecule has 1 aromatic rings. The number of hydrogen-bond donors (Lipinski definition) is 4. The molecule has 184 valence electrons. The maximum absolute atomic E-state index is 12.8. The van der Waals surface area contributed by atoms with Gasteiger partial charge in [-0.3, -0.25) is 9.59 Å². The van der Waals surface area contributed by atoms with Gasteiger partial charge in [-0.2, -0.15) is 13.2 Å². The molecule has 0 heterocycles. The maximum Gasteiger partial charge on any atom is 0.416 e. The Morgan fingerprint density at radius 3 is 2.42 bits per heavy atom. The van der Waals surface area contributed by atoms with Crippen LogP contribution < -0.4 is 16.0 Å². The van der Waals surface area contributed by atoms with Gasteiger partial charge in [-0.25, -0.2) is 4.79 Å². The summed E-state index contributed by atoms with van der Waals surface area (Å²) in [7, 11) is 0. The number of nitrogens with one attached hydrogen (secondary N) is 3. The van der Waals surface area contributed by atoms with Crippen LogP contribution in [-0.2, 0) is 15.7 Å². The van der Waals surface area contributed by atoms with E-state index < -0.39 is 41.8 Å². The monoisotopic (exact) mass is 473 g/mol. The van der Waals surface area contributed by atoms with Gasteiger partial charge in [0.05, 0.1) is 12.1 Å². The molecule has 1 aliphatic rings. The lowest BCUT2D eigenvalue weighted by molar-refractivity contribution is -0.137. The third-order valence-electron chi connectivity index (χ3n) is 5.15. The first kappa shape index (κ1) is 26.4. The van der Waals surface area contributed by atoms with Gasteiger partial charge < -0.3 is 25.8 Å². The lowest BCUT2D eigenvalue weighted by Gasteiger charge is -2.36. The highest BCUT2D eigenvalue weighted by Crippen LogP contribution is 2.29. The Balaban J connectivity index is 1.84. The number of rotatable bonds is 6. The van der Waals surface area contributed by atoms with E-state index in [2.05, 4.69) is 16.0 Å². The van der Waals surface area contributed by atoms with Crippen molar-refractivity contribution in [3.05, 3.63) is 35.4 Å². The number of aliphatic hydroxyl groups excluding tert-OH is 1. The fraction of sp³-hybridized carbons (Fsp3) is 0.591. The van der Waals surface area contributed by atoms with Gasteiger partial charge in [-0.05, 0) is 58.2 Å². The molecule has 11 heteroatoms. The molecule has 0 bridgehead atoms. The van der Waals surface area contributed by atoms with Crippen molar-refractivity contribution in [2.75, 3.05) is 13.2 Å². The number of alkyl carbamates (subject to hydrolysis) is 1. The number of ether oxygens (including phenoxy) is 1. The second-order valence-electron chi connectivity index (χ2n) is 9.03. The molecule has 0 saturated heterocycles. The van der Waals surface area contributed by atoms with Crippen LogP contribution in [0.1, 0.15) is 56.0 Å². The standard InChI is InChI=1S/C22H30F3N3O5/c1-21(2,3)33-20(32)27-16-7-8-17(14(10-16)12-29)28-18(30)11-26-19(31)13-5-4-6-15(9-13)22(23,24)25/h4-6,9,14,16-17,29H,7-8,10-12H2,1-3H3,(H,26,31)(H,27,32)(H,28,30)/t14-,16+,17-/m0/s1. The first-order valence-electron chi connectivity index (χ1n) is 10.6. The molecule has 1 saturated carbocycles. The van der Waals surface area contributed by atoms with Crippen molar-refractivity contribution in [3.63, 3.8) is 0 Å². The minimum atomic E-state index is -4.58. The number of halogens is 3. The summed E-state index contributed by atoms with van der Waals surface area (Å²) < 4.78 is 43.6. The molecule has 0 unspecified atom stereocenters. The zero-order chi connectivity index (χ0) is 24.8. The summed E-state index contributed by atoms with van der Waals surface area (Å²) in [5.74, 6) is -1.65. The van der Waals surface area contributed by atoms with Crippen LogP contribution in [0.4, 0.5) is 18.0 Å². The van der Waals surface area contributed by atoms with Crippen LogP contribution in [0.3, 0.4) is 0 Å². The molecule has 1 fully saturated rings. The molecule has 0 radical (unpaired) electrons. The third kappa shape index (κ3) is 8.56. The minimum absolute atomic E-state index is 0.209. The third-order valence-corrected chi connectivity index (χ3v) is 5.15. The van der Waals surface area contributed by atoms with Crippen LogP contribution in [0.25, 0.3) is 0 Å². The summed E-state index contributed by atoms with van der Waals surface area (Å²) in [6.07, 6.45) is -3.67. The zero-order valence-electron chi connectivity index (χ0n) is 18.8. The highest BCUT2D eigenvalue weighted by atomic mass is 19.4. The summed E-state index contributed by atoms with van der Waals surface area (Å²) in [6.45, 7) is 4.61. The molecule has 3 amide bonds. The van der Waals surface area contributed by atoms with Crippen molar-refractivity contribution in [2.45, 2.75) is 63.9 Å². The summed E-state index contributed by atoms with van der Waals surface area (Å²) in [5.41, 5.74) is -1.80. The molecule has 4 N–H and O–H groups in total. The van der Waals surface area contributed by atoms with Gasteiger partial charge in [0.2, 0.25) is 5.91 Å². The van der Waals surface area contributed by atoms with E-state index in [1.54, 1.807) is 20.8 Å². The molecular weight excluding hydrogens is 443 g/mol. The van der Waals surface area contributed by atoms with Crippen LogP contribution in [0.15, 0.2) is 24.3 Å². The quantitative estimate of drug-likeness (QED) is 0.507. The van der Waals surface area contributed by atoms with Gasteiger partial charge >= 0.3 is 12.3 Å². The van der Waals surface area contributed by atoms with Gasteiger partial charge in [-0.1, -0.05) is 6.07 Å². The SMILES string of the molecule is CC(C)(C)OC(=O)N[C@@H]1CC[C@H](NC(=O)CNC(=O)c2cccc(C(F)(F)F)c2)[C@H](CO)C1. The maximum atomic E-state index is 12.8. The van der Waals surface area contributed by atoms with Gasteiger partial charge in [0.25, 0.3) is 5.91 Å². The molecule has 0 aromatic heterocycles. The Hall–Kier alpha value is -2.82. The summed E-state index contributed by atoms with van der Waals surface area (Å²) in [4.78, 5) is 36.4. The predicted octanol–water partition coefficient (Wildman–Crippen LogP) is 2.61. The minimum Gasteiger partial charge on any atom is -0.444 e. The molecule has 1 aromatic carbocycles. The first-order chi connectivity index (χ1) is 15.3. The Labute approximate surface area is 190 Å². The number of hydrogen-bond acceptors (Lipinski definition) is 5. The topological polar surface area (TPSA) is 117 Å². The van der Waals surface area contributed by atoms with E-state index >= 15 is 0 Å². The highest BCUT2D eigenvalue weighted by Gasteiger charge is 2.33. The van der Waals surface area contributed by atoms with E-state index in [0.717, 1.165) is 12.1 Å². The number of carbonyl (C=O) groups is 3. The summed E-state index contributed by atoms with van der Waals surface area (Å²) >= 11 is 0. The van der Waals surface area contributed by atoms with Crippen molar-refractivity contribution in [2.24, 2.45) is 5.92 Å². The average Bonchev–Trinajstić information content (AvgIpc) is 2.71. The van der Waals surface area contributed by atoms with E-state index in [-0.39, 0.29) is 30.2 Å². The average molecular weight is 473 g/mol. The van der Waals surface area contributed by atoms with Crippen molar-refractivity contribution in [1.82, 2.24) is 16.0 Å². The van der Waals surface area contributed by atoms with Crippen LogP contribution in [0.5, 0.6) is 0 Å². The number of aliphatic hydroxyl groups is 1. The lowest BCUT2D eigenvalue weighted by Crippen LogP contribution is -2.52. The van der Waals surface area contributed by atoms with Crippen LogP contribution in [0.2, 0.25) is 0 Å². The molecule has 33 heavy (non-hydrogen) atoms. The predicted molar refractivity (Wildman–Crippen MR) is 113 cm³/mol. The van der Waals surface area contributed by atoms with E-state index in [4.69, 9.17) is 4.74 Å². The Morgan fingerprint density at radius 2 is 1.82 bits per heavy atom. The number of carbonyl (C=O) groups excluding carboxylic acids is 3. The number of alkyl halides is 3. The highest BCUT2D eigenvalue weighted by molar-refractivity contribution is 5.96. The van der Waals surface area contributed by atoms with Crippen molar-refractivity contribution < 1.29 is 37.4 Å². The van der Waals surface area contributed by atoms with Gasteiger partial charge in [0.15, 0.2) is 0 Å². The Kier molecular flexibility index (Phi) is 8.70. The van der Waals surface area contributed by atoms with Crippen molar-refractivity contribution >= 4 is 17.9 Å². The fourth-order valence-corrected chi connectivity index (χ4v) is 3.62. The smallest absolute Gasteiger partial charge is 0.416 e. The van der Waals surface area contributed by atoms with Crippen LogP contribution in [0, 0.1) is 5.92 Å². The van der Waals surface area contributed by atoms with Crippen LogP contribution >= 0.6 is 0 Å². The molecule has 3 atom stereocenters. The second kappa shape index (κ2) is 10.9. The molecule has 2 rings (SSSR count). The van der Waals surface area contributed by atoms with E-state index in [1.807, 2.05) is 0 Å². The van der Waals surface area contributed by atoms with Gasteiger partial charge in [-0.15, -0.1) is 0 Å². The Morgan fingerprint density at radius 1 is 1.12 bits per heavy atom. The fourth-order valence-electron chi connectivity index (χ4n) is 3.62. The molecule has 1 aliphatic carbocycles. The van der Waals surface area contributed by atoms with E-state index in [1.165, 1.54) is 6.07 Å². The molecule has 8 nitrogen and oxygen atoms in total.